The quantitative estimate of drug-likeness (QED) is 0.876. The summed E-state index contributed by atoms with van der Waals surface area (Å²) in [5.41, 5.74) is 1.36. The Morgan fingerprint density at radius 3 is 2.45 bits per heavy atom. The molecule has 0 saturated carbocycles. The van der Waals surface area contributed by atoms with Crippen molar-refractivity contribution in [3.63, 3.8) is 0 Å². The topological polar surface area (TPSA) is 55.4 Å². The highest BCUT2D eigenvalue weighted by Gasteiger charge is 2.19. The van der Waals surface area contributed by atoms with Gasteiger partial charge in [-0.1, -0.05) is 48.0 Å². The Balaban J connectivity index is 2.16. The maximum Gasteiger partial charge on any atom is 0.216 e. The van der Waals surface area contributed by atoms with Crippen molar-refractivity contribution < 1.29 is 13.2 Å². The van der Waals surface area contributed by atoms with Gasteiger partial charge < -0.3 is 4.74 Å². The average molecular weight is 340 g/mol. The van der Waals surface area contributed by atoms with Gasteiger partial charge in [0.25, 0.3) is 0 Å². The van der Waals surface area contributed by atoms with Gasteiger partial charge in [0, 0.05) is 16.6 Å². The fourth-order valence-electron chi connectivity index (χ4n) is 2.22. The Kier molecular flexibility index (Phi) is 5.45. The predicted octanol–water partition coefficient (Wildman–Crippen LogP) is 3.53. The lowest BCUT2D eigenvalue weighted by atomic mass is 10.1. The van der Waals surface area contributed by atoms with E-state index in [1.165, 1.54) is 0 Å². The lowest BCUT2D eigenvalue weighted by Crippen LogP contribution is -2.28. The lowest BCUT2D eigenvalue weighted by molar-refractivity contribution is 0.405. The van der Waals surface area contributed by atoms with E-state index in [1.54, 1.807) is 44.4 Å². The molecule has 22 heavy (non-hydrogen) atoms. The van der Waals surface area contributed by atoms with Crippen molar-refractivity contribution in [2.45, 2.75) is 18.7 Å². The number of benzene rings is 2. The SMILES string of the molecule is COc1ccccc1C(C)NS(=O)(=O)Cc1ccccc1Cl. The van der Waals surface area contributed by atoms with Crippen LogP contribution in [0.25, 0.3) is 0 Å². The van der Waals surface area contributed by atoms with Gasteiger partial charge in [-0.15, -0.1) is 0 Å². The van der Waals surface area contributed by atoms with Crippen molar-refractivity contribution in [1.29, 1.82) is 0 Å². The molecule has 1 atom stereocenters. The van der Waals surface area contributed by atoms with E-state index in [0.29, 0.717) is 16.3 Å². The van der Waals surface area contributed by atoms with Crippen molar-refractivity contribution in [2.24, 2.45) is 0 Å². The van der Waals surface area contributed by atoms with Gasteiger partial charge in [0.15, 0.2) is 0 Å². The van der Waals surface area contributed by atoms with E-state index in [9.17, 15) is 8.42 Å². The monoisotopic (exact) mass is 339 g/mol. The van der Waals surface area contributed by atoms with Crippen LogP contribution in [0.3, 0.4) is 0 Å². The Labute approximate surface area is 136 Å². The highest BCUT2D eigenvalue weighted by molar-refractivity contribution is 7.88. The zero-order valence-electron chi connectivity index (χ0n) is 12.4. The molecule has 0 aliphatic heterocycles. The molecule has 0 amide bonds. The molecule has 2 aromatic rings. The van der Waals surface area contributed by atoms with E-state index < -0.39 is 16.1 Å². The second kappa shape index (κ2) is 7.13. The molecule has 6 heteroatoms. The smallest absolute Gasteiger partial charge is 0.216 e. The molecule has 2 aromatic carbocycles. The zero-order chi connectivity index (χ0) is 16.2. The Morgan fingerprint density at radius 1 is 1.14 bits per heavy atom. The van der Waals surface area contributed by atoms with Crippen molar-refractivity contribution in [3.05, 3.63) is 64.7 Å². The third-order valence-electron chi connectivity index (χ3n) is 3.27. The van der Waals surface area contributed by atoms with Crippen LogP contribution in [0.2, 0.25) is 5.02 Å². The van der Waals surface area contributed by atoms with Crippen LogP contribution in [0.4, 0.5) is 0 Å². The molecule has 0 aromatic heterocycles. The summed E-state index contributed by atoms with van der Waals surface area (Å²) in [7, 11) is -1.96. The number of hydrogen-bond acceptors (Lipinski definition) is 3. The van der Waals surface area contributed by atoms with E-state index in [-0.39, 0.29) is 5.75 Å². The molecule has 0 aliphatic rings. The highest BCUT2D eigenvalue weighted by atomic mass is 35.5. The van der Waals surface area contributed by atoms with Gasteiger partial charge in [-0.2, -0.15) is 0 Å². The summed E-state index contributed by atoms with van der Waals surface area (Å²) in [6.07, 6.45) is 0. The molecule has 0 spiro atoms. The van der Waals surface area contributed by atoms with Gasteiger partial charge >= 0.3 is 0 Å². The van der Waals surface area contributed by atoms with Crippen LogP contribution in [0.15, 0.2) is 48.5 Å². The minimum absolute atomic E-state index is 0.161. The van der Waals surface area contributed by atoms with Crippen LogP contribution in [-0.2, 0) is 15.8 Å². The number of nitrogens with one attached hydrogen (secondary N) is 1. The second-order valence-corrected chi connectivity index (χ2v) is 7.09. The molecule has 0 fully saturated rings. The van der Waals surface area contributed by atoms with E-state index in [0.717, 1.165) is 5.56 Å². The van der Waals surface area contributed by atoms with Crippen LogP contribution in [0.5, 0.6) is 5.75 Å². The summed E-state index contributed by atoms with van der Waals surface area (Å²) in [5, 5.41) is 0.442. The summed E-state index contributed by atoms with van der Waals surface area (Å²) in [6, 6.07) is 13.8. The second-order valence-electron chi connectivity index (χ2n) is 4.93. The first-order chi connectivity index (χ1) is 10.4. The molecule has 0 radical (unpaired) electrons. The number of halogens is 1. The lowest BCUT2D eigenvalue weighted by Gasteiger charge is -2.17. The molecule has 118 valence electrons. The molecular formula is C16H18ClNO3S. The molecule has 0 aliphatic carbocycles. The molecular weight excluding hydrogens is 322 g/mol. The van der Waals surface area contributed by atoms with Crippen molar-refractivity contribution in [1.82, 2.24) is 4.72 Å². The van der Waals surface area contributed by atoms with E-state index in [2.05, 4.69) is 4.72 Å². The van der Waals surface area contributed by atoms with Crippen LogP contribution in [-0.4, -0.2) is 15.5 Å². The third-order valence-corrected chi connectivity index (χ3v) is 5.04. The first-order valence-corrected chi connectivity index (χ1v) is 8.82. The average Bonchev–Trinajstić information content (AvgIpc) is 2.49. The summed E-state index contributed by atoms with van der Waals surface area (Å²) in [4.78, 5) is 0. The molecule has 1 unspecified atom stereocenters. The summed E-state index contributed by atoms with van der Waals surface area (Å²) in [6.45, 7) is 1.78. The van der Waals surface area contributed by atoms with Crippen molar-refractivity contribution in [3.8, 4) is 5.75 Å². The first-order valence-electron chi connectivity index (χ1n) is 6.79. The number of sulfonamides is 1. The van der Waals surface area contributed by atoms with Crippen molar-refractivity contribution in [2.75, 3.05) is 7.11 Å². The van der Waals surface area contributed by atoms with E-state index in [4.69, 9.17) is 16.3 Å². The van der Waals surface area contributed by atoms with Gasteiger partial charge in [0.1, 0.15) is 5.75 Å². The minimum atomic E-state index is -3.52. The number of hydrogen-bond donors (Lipinski definition) is 1. The van der Waals surface area contributed by atoms with Crippen LogP contribution < -0.4 is 9.46 Å². The summed E-state index contributed by atoms with van der Waals surface area (Å²) < 4.78 is 32.6. The van der Waals surface area contributed by atoms with Crippen LogP contribution >= 0.6 is 11.6 Å². The minimum Gasteiger partial charge on any atom is -0.496 e. The van der Waals surface area contributed by atoms with E-state index >= 15 is 0 Å². The number of para-hydroxylation sites is 1. The van der Waals surface area contributed by atoms with Gasteiger partial charge in [0.2, 0.25) is 10.0 Å². The molecule has 0 bridgehead atoms. The van der Waals surface area contributed by atoms with Crippen LogP contribution in [0.1, 0.15) is 24.1 Å². The Morgan fingerprint density at radius 2 is 1.77 bits per heavy atom. The predicted molar refractivity (Wildman–Crippen MR) is 88.6 cm³/mol. The molecule has 2 rings (SSSR count). The van der Waals surface area contributed by atoms with E-state index in [1.807, 2.05) is 18.2 Å². The third kappa shape index (κ3) is 4.22. The molecule has 4 nitrogen and oxygen atoms in total. The standard InChI is InChI=1S/C16H18ClNO3S/c1-12(14-8-4-6-10-16(14)21-2)18-22(19,20)11-13-7-3-5-9-15(13)17/h3-10,12,18H,11H2,1-2H3. The van der Waals surface area contributed by atoms with Crippen molar-refractivity contribution >= 4 is 21.6 Å². The Hall–Kier alpha value is -1.56. The van der Waals surface area contributed by atoms with Crippen LogP contribution in [0, 0.1) is 0 Å². The fourth-order valence-corrected chi connectivity index (χ4v) is 3.91. The maximum atomic E-state index is 12.3. The number of methoxy groups -OCH3 is 1. The highest BCUT2D eigenvalue weighted by Crippen LogP contribution is 2.25. The molecule has 1 N–H and O–H groups in total. The van der Waals surface area contributed by atoms with Gasteiger partial charge in [-0.25, -0.2) is 13.1 Å². The van der Waals surface area contributed by atoms with Gasteiger partial charge in [-0.05, 0) is 24.6 Å². The fraction of sp³-hybridized carbons (Fsp3) is 0.250. The molecule has 0 saturated heterocycles. The normalized spacial score (nSPS) is 12.9. The van der Waals surface area contributed by atoms with Gasteiger partial charge in [0.05, 0.1) is 12.9 Å². The molecule has 0 heterocycles. The Bertz CT molecular complexity index is 747. The number of rotatable bonds is 6. The van der Waals surface area contributed by atoms with Gasteiger partial charge in [-0.3, -0.25) is 0 Å². The maximum absolute atomic E-state index is 12.3. The number of ether oxygens (including phenoxy) is 1. The first kappa shape index (κ1) is 16.8. The zero-order valence-corrected chi connectivity index (χ0v) is 14.0. The largest absolute Gasteiger partial charge is 0.496 e. The summed E-state index contributed by atoms with van der Waals surface area (Å²) in [5.74, 6) is 0.488. The summed E-state index contributed by atoms with van der Waals surface area (Å²) >= 11 is 6.02.